The van der Waals surface area contributed by atoms with Crippen molar-refractivity contribution in [2.24, 2.45) is 0 Å². The minimum atomic E-state index is -2.19. The number of nitrogens with one attached hydrogen (secondary N) is 1. The summed E-state index contributed by atoms with van der Waals surface area (Å²) in [5.74, 6) is -1.71. The molecule has 0 aliphatic carbocycles. The number of aliphatic hydroxyl groups excluding tert-OH is 4. The number of H-pyrrole nitrogens is 1. The Bertz CT molecular complexity index is 681. The van der Waals surface area contributed by atoms with Crippen LogP contribution in [0.2, 0.25) is 0 Å². The van der Waals surface area contributed by atoms with E-state index < -0.39 is 60.0 Å². The fourth-order valence-corrected chi connectivity index (χ4v) is 2.13. The molecule has 0 aromatic carbocycles. The van der Waals surface area contributed by atoms with Crippen LogP contribution in [-0.2, 0) is 9.53 Å². The zero-order chi connectivity index (χ0) is 16.6. The lowest BCUT2D eigenvalue weighted by molar-refractivity contribution is -0.147. The average Bonchev–Trinajstić information content (AvgIpc) is 2.74. The lowest BCUT2D eigenvalue weighted by Crippen LogP contribution is -2.39. The molecule has 2 heterocycles. The molecule has 6 N–H and O–H groups in total. The van der Waals surface area contributed by atoms with Gasteiger partial charge in [-0.05, 0) is 0 Å². The molecule has 0 bridgehead atoms. The topological polar surface area (TPSA) is 182 Å². The summed E-state index contributed by atoms with van der Waals surface area (Å²) in [6.45, 7) is -0.628. The lowest BCUT2D eigenvalue weighted by Gasteiger charge is -2.18. The molecule has 0 saturated carbocycles. The maximum absolute atomic E-state index is 11.8. The van der Waals surface area contributed by atoms with Crippen molar-refractivity contribution in [1.82, 2.24) is 9.55 Å². The molecule has 1 aromatic rings. The fourth-order valence-electron chi connectivity index (χ4n) is 2.13. The van der Waals surface area contributed by atoms with Gasteiger partial charge in [-0.1, -0.05) is 0 Å². The average molecular weight is 318 g/mol. The lowest BCUT2D eigenvalue weighted by atomic mass is 10.1. The molecule has 1 aliphatic rings. The smallest absolute Gasteiger partial charge is 0.337 e. The summed E-state index contributed by atoms with van der Waals surface area (Å²) in [6, 6.07) is 0. The standard InChI is InChI=1S/C11H14N2O9/c14-2-4-6(16)7(17)9(22-4)13-1-3(5(15)10(19)20)8(18)12-11(13)21/h1,4-7,9,14-17H,2H2,(H,19,20)(H,12,18,21)/t4-,5-,6-,7-,9-/m1/s1. The number of nitrogens with zero attached hydrogens (tertiary/aromatic N) is 1. The first-order chi connectivity index (χ1) is 10.3. The Morgan fingerprint density at radius 3 is 2.50 bits per heavy atom. The number of hydrogen-bond donors (Lipinski definition) is 6. The first-order valence-electron chi connectivity index (χ1n) is 6.16. The highest BCUT2D eigenvalue weighted by atomic mass is 16.6. The van der Waals surface area contributed by atoms with Crippen molar-refractivity contribution in [1.29, 1.82) is 0 Å². The maximum atomic E-state index is 11.8. The molecule has 11 nitrogen and oxygen atoms in total. The molecule has 1 fully saturated rings. The normalized spacial score (nSPS) is 29.5. The van der Waals surface area contributed by atoms with Crippen LogP contribution >= 0.6 is 0 Å². The van der Waals surface area contributed by atoms with Gasteiger partial charge in [0.1, 0.15) is 18.3 Å². The number of carboxylic acid groups (broad SMARTS) is 1. The van der Waals surface area contributed by atoms with E-state index in [9.17, 15) is 29.7 Å². The molecule has 122 valence electrons. The van der Waals surface area contributed by atoms with Crippen LogP contribution in [0.15, 0.2) is 15.8 Å². The predicted molar refractivity (Wildman–Crippen MR) is 66.9 cm³/mol. The number of ether oxygens (including phenoxy) is 1. The van der Waals surface area contributed by atoms with Crippen LogP contribution in [0.3, 0.4) is 0 Å². The Balaban J connectivity index is 2.48. The molecule has 0 amide bonds. The molecule has 22 heavy (non-hydrogen) atoms. The van der Waals surface area contributed by atoms with Gasteiger partial charge in [-0.15, -0.1) is 0 Å². The predicted octanol–water partition coefficient (Wildman–Crippen LogP) is -3.73. The number of aromatic nitrogens is 2. The van der Waals surface area contributed by atoms with Crippen molar-refractivity contribution in [3.8, 4) is 0 Å². The van der Waals surface area contributed by atoms with E-state index in [1.165, 1.54) is 0 Å². The first-order valence-corrected chi connectivity index (χ1v) is 6.16. The Kier molecular flexibility index (Phi) is 4.44. The van der Waals surface area contributed by atoms with Gasteiger partial charge in [-0.3, -0.25) is 14.3 Å². The van der Waals surface area contributed by atoms with Gasteiger partial charge in [0.05, 0.1) is 12.2 Å². The minimum Gasteiger partial charge on any atom is -0.479 e. The van der Waals surface area contributed by atoms with Crippen LogP contribution < -0.4 is 11.2 Å². The number of carbonyl (C=O) groups is 1. The highest BCUT2D eigenvalue weighted by Gasteiger charge is 2.44. The first kappa shape index (κ1) is 16.3. The van der Waals surface area contributed by atoms with E-state index >= 15 is 0 Å². The van der Waals surface area contributed by atoms with Crippen LogP contribution in [0.4, 0.5) is 0 Å². The third-order valence-corrected chi connectivity index (χ3v) is 3.32. The van der Waals surface area contributed by atoms with Gasteiger partial charge in [0.2, 0.25) is 0 Å². The maximum Gasteiger partial charge on any atom is 0.337 e. The Labute approximate surface area is 121 Å². The summed E-state index contributed by atoms with van der Waals surface area (Å²) in [7, 11) is 0. The molecule has 1 aliphatic heterocycles. The highest BCUT2D eigenvalue weighted by Crippen LogP contribution is 2.28. The van der Waals surface area contributed by atoms with Crippen molar-refractivity contribution in [3.05, 3.63) is 32.6 Å². The summed E-state index contributed by atoms with van der Waals surface area (Å²) in [5.41, 5.74) is -2.80. The summed E-state index contributed by atoms with van der Waals surface area (Å²) < 4.78 is 5.73. The van der Waals surface area contributed by atoms with Crippen LogP contribution in [0, 0.1) is 0 Å². The zero-order valence-corrected chi connectivity index (χ0v) is 11.0. The fraction of sp³-hybridized carbons (Fsp3) is 0.545. The molecular weight excluding hydrogens is 304 g/mol. The van der Waals surface area contributed by atoms with Crippen LogP contribution in [-0.4, -0.2) is 66.0 Å². The highest BCUT2D eigenvalue weighted by molar-refractivity contribution is 5.73. The van der Waals surface area contributed by atoms with E-state index in [2.05, 4.69) is 0 Å². The zero-order valence-electron chi connectivity index (χ0n) is 11.0. The molecule has 1 saturated heterocycles. The summed E-state index contributed by atoms with van der Waals surface area (Å²) in [6.07, 6.45) is -7.17. The summed E-state index contributed by atoms with van der Waals surface area (Å²) in [4.78, 5) is 35.8. The molecule has 2 rings (SSSR count). The third-order valence-electron chi connectivity index (χ3n) is 3.32. The van der Waals surface area contributed by atoms with Gasteiger partial charge in [-0.2, -0.15) is 0 Å². The van der Waals surface area contributed by atoms with Gasteiger partial charge < -0.3 is 30.3 Å². The van der Waals surface area contributed by atoms with Crippen molar-refractivity contribution in [2.75, 3.05) is 6.61 Å². The molecule has 5 atom stereocenters. The number of carboxylic acids is 1. The van der Waals surface area contributed by atoms with E-state index in [4.69, 9.17) is 14.9 Å². The summed E-state index contributed by atoms with van der Waals surface area (Å²) in [5, 5.41) is 46.6. The SMILES string of the molecule is O=C(O)[C@H](O)c1cn([C@@H]2O[C@H](CO)[C@@H](O)[C@H]2O)c(=O)[nH]c1=O. The number of aliphatic carboxylic acids is 1. The molecule has 11 heteroatoms. The second kappa shape index (κ2) is 5.98. The van der Waals surface area contributed by atoms with E-state index in [0.717, 1.165) is 6.20 Å². The molecule has 1 aromatic heterocycles. The van der Waals surface area contributed by atoms with Crippen molar-refractivity contribution >= 4 is 5.97 Å². The second-order valence-electron chi connectivity index (χ2n) is 4.72. The number of rotatable bonds is 4. The molecule has 0 unspecified atom stereocenters. The molecule has 0 radical (unpaired) electrons. The monoisotopic (exact) mass is 318 g/mol. The number of hydrogen-bond acceptors (Lipinski definition) is 8. The summed E-state index contributed by atoms with van der Waals surface area (Å²) >= 11 is 0. The van der Waals surface area contributed by atoms with Gasteiger partial charge in [-0.25, -0.2) is 9.59 Å². The van der Waals surface area contributed by atoms with E-state index in [1.54, 1.807) is 4.98 Å². The van der Waals surface area contributed by atoms with Gasteiger partial charge in [0.15, 0.2) is 12.3 Å². The van der Waals surface area contributed by atoms with E-state index in [0.29, 0.717) is 4.57 Å². The molecule has 0 spiro atoms. The molecular formula is C11H14N2O9. The Hall–Kier alpha value is -2.05. The third kappa shape index (κ3) is 2.67. The van der Waals surface area contributed by atoms with Crippen LogP contribution in [0.25, 0.3) is 0 Å². The van der Waals surface area contributed by atoms with E-state index in [1.807, 2.05) is 0 Å². The second-order valence-corrected chi connectivity index (χ2v) is 4.72. The quantitative estimate of drug-likeness (QED) is 0.325. The van der Waals surface area contributed by atoms with Crippen LogP contribution in [0.5, 0.6) is 0 Å². The van der Waals surface area contributed by atoms with Crippen molar-refractivity contribution in [2.45, 2.75) is 30.6 Å². The van der Waals surface area contributed by atoms with Crippen molar-refractivity contribution in [3.63, 3.8) is 0 Å². The Morgan fingerprint density at radius 1 is 1.36 bits per heavy atom. The Morgan fingerprint density at radius 2 is 2.00 bits per heavy atom. The number of aliphatic hydroxyl groups is 4. The van der Waals surface area contributed by atoms with E-state index in [-0.39, 0.29) is 0 Å². The van der Waals surface area contributed by atoms with Gasteiger partial charge in [0, 0.05) is 6.20 Å². The van der Waals surface area contributed by atoms with Crippen molar-refractivity contribution < 1.29 is 35.1 Å². The van der Waals surface area contributed by atoms with Gasteiger partial charge in [0.25, 0.3) is 5.56 Å². The largest absolute Gasteiger partial charge is 0.479 e. The minimum absolute atomic E-state index is 0.628. The van der Waals surface area contributed by atoms with Gasteiger partial charge >= 0.3 is 11.7 Å². The number of aromatic amines is 1. The van der Waals surface area contributed by atoms with Crippen LogP contribution in [0.1, 0.15) is 17.9 Å².